The topological polar surface area (TPSA) is 66.9 Å². The fraction of sp³-hybridized carbons (Fsp3) is 0.353. The van der Waals surface area contributed by atoms with Crippen LogP contribution in [-0.2, 0) is 0 Å². The van der Waals surface area contributed by atoms with E-state index in [0.29, 0.717) is 23.9 Å². The summed E-state index contributed by atoms with van der Waals surface area (Å²) in [6.45, 7) is 4.58. The Labute approximate surface area is 145 Å². The van der Waals surface area contributed by atoms with Crippen LogP contribution in [0.2, 0.25) is 0 Å². The minimum atomic E-state index is -0.162. The molecule has 122 valence electrons. The number of aryl methyl sites for hydroxylation is 1. The van der Waals surface area contributed by atoms with Gasteiger partial charge in [-0.2, -0.15) is 0 Å². The largest absolute Gasteiger partial charge is 0.351 e. The fourth-order valence-electron chi connectivity index (χ4n) is 2.10. The number of hydrogen-bond acceptors (Lipinski definition) is 4. The van der Waals surface area contributed by atoms with Gasteiger partial charge >= 0.3 is 0 Å². The average molecular weight is 377 g/mol. The molecule has 0 bridgehead atoms. The number of carbonyl (C=O) groups is 1. The van der Waals surface area contributed by atoms with Crippen LogP contribution < -0.4 is 10.6 Å². The molecule has 0 radical (unpaired) electrons. The lowest BCUT2D eigenvalue weighted by Crippen LogP contribution is -2.25. The maximum absolute atomic E-state index is 12.2. The highest BCUT2D eigenvalue weighted by atomic mass is 79.9. The van der Waals surface area contributed by atoms with Crippen molar-refractivity contribution in [1.29, 1.82) is 0 Å². The molecule has 0 aliphatic carbocycles. The number of hydrogen-bond donors (Lipinski definition) is 2. The maximum Gasteiger partial charge on any atom is 0.270 e. The summed E-state index contributed by atoms with van der Waals surface area (Å²) >= 11 is 3.40. The molecule has 2 rings (SSSR count). The van der Waals surface area contributed by atoms with Gasteiger partial charge in [0.1, 0.15) is 17.3 Å². The second-order valence-corrected chi connectivity index (χ2v) is 6.20. The van der Waals surface area contributed by atoms with E-state index in [1.165, 1.54) is 0 Å². The Bertz CT molecular complexity index is 658. The smallest absolute Gasteiger partial charge is 0.270 e. The highest BCUT2D eigenvalue weighted by Crippen LogP contribution is 2.18. The predicted octanol–water partition coefficient (Wildman–Crippen LogP) is 4.21. The van der Waals surface area contributed by atoms with Gasteiger partial charge in [0.15, 0.2) is 0 Å². The number of unbranched alkanes of at least 4 members (excludes halogenated alkanes) is 2. The number of anilines is 2. The van der Waals surface area contributed by atoms with Crippen molar-refractivity contribution in [2.75, 3.05) is 11.9 Å². The van der Waals surface area contributed by atoms with E-state index < -0.39 is 0 Å². The van der Waals surface area contributed by atoms with Gasteiger partial charge in [-0.1, -0.05) is 35.7 Å². The van der Waals surface area contributed by atoms with E-state index in [2.05, 4.69) is 43.5 Å². The highest BCUT2D eigenvalue weighted by Gasteiger charge is 2.10. The van der Waals surface area contributed by atoms with Gasteiger partial charge in [-0.3, -0.25) is 4.79 Å². The Morgan fingerprint density at radius 2 is 1.91 bits per heavy atom. The molecule has 2 aromatic rings. The van der Waals surface area contributed by atoms with Crippen LogP contribution in [0, 0.1) is 6.92 Å². The number of amides is 1. The van der Waals surface area contributed by atoms with E-state index >= 15 is 0 Å². The minimum Gasteiger partial charge on any atom is -0.351 e. The summed E-state index contributed by atoms with van der Waals surface area (Å²) in [7, 11) is 0. The van der Waals surface area contributed by atoms with Gasteiger partial charge in [0, 0.05) is 22.8 Å². The summed E-state index contributed by atoms with van der Waals surface area (Å²) < 4.78 is 1.01. The monoisotopic (exact) mass is 376 g/mol. The molecule has 5 nitrogen and oxygen atoms in total. The van der Waals surface area contributed by atoms with Gasteiger partial charge in [-0.05, 0) is 37.6 Å². The Hall–Kier alpha value is -1.95. The molecule has 0 saturated carbocycles. The molecule has 0 atom stereocenters. The summed E-state index contributed by atoms with van der Waals surface area (Å²) in [5.74, 6) is 1.01. The van der Waals surface area contributed by atoms with Crippen molar-refractivity contribution in [1.82, 2.24) is 15.3 Å². The van der Waals surface area contributed by atoms with Crippen molar-refractivity contribution in [3.8, 4) is 0 Å². The zero-order valence-electron chi connectivity index (χ0n) is 13.4. The molecule has 0 fully saturated rings. The fourth-order valence-corrected chi connectivity index (χ4v) is 2.36. The van der Waals surface area contributed by atoms with E-state index in [1.54, 1.807) is 13.0 Å². The van der Waals surface area contributed by atoms with Gasteiger partial charge in [0.25, 0.3) is 5.91 Å². The molecule has 0 spiro atoms. The van der Waals surface area contributed by atoms with Crippen LogP contribution in [0.3, 0.4) is 0 Å². The third-order valence-corrected chi connectivity index (χ3v) is 3.78. The predicted molar refractivity (Wildman–Crippen MR) is 96.1 cm³/mol. The number of nitrogens with zero attached hydrogens (tertiary/aromatic N) is 2. The van der Waals surface area contributed by atoms with E-state index in [1.807, 2.05) is 24.3 Å². The molecular weight excluding hydrogens is 356 g/mol. The zero-order valence-corrected chi connectivity index (χ0v) is 15.0. The van der Waals surface area contributed by atoms with Crippen molar-refractivity contribution in [2.45, 2.75) is 33.1 Å². The molecule has 1 aromatic heterocycles. The molecule has 0 aliphatic heterocycles. The average Bonchev–Trinajstić information content (AvgIpc) is 2.53. The van der Waals surface area contributed by atoms with Crippen LogP contribution in [0.5, 0.6) is 0 Å². The summed E-state index contributed by atoms with van der Waals surface area (Å²) in [6.07, 6.45) is 3.22. The van der Waals surface area contributed by atoms with Gasteiger partial charge in [-0.15, -0.1) is 0 Å². The second-order valence-electron chi connectivity index (χ2n) is 5.28. The number of rotatable bonds is 7. The van der Waals surface area contributed by atoms with Crippen LogP contribution in [-0.4, -0.2) is 22.4 Å². The Morgan fingerprint density at radius 3 is 2.61 bits per heavy atom. The summed E-state index contributed by atoms with van der Waals surface area (Å²) in [6, 6.07) is 9.43. The Morgan fingerprint density at radius 1 is 1.17 bits per heavy atom. The number of carbonyl (C=O) groups excluding carboxylic acids is 1. The highest BCUT2D eigenvalue weighted by molar-refractivity contribution is 9.10. The van der Waals surface area contributed by atoms with Crippen LogP contribution in [0.25, 0.3) is 0 Å². The molecule has 1 amide bonds. The third kappa shape index (κ3) is 5.63. The molecule has 0 saturated heterocycles. The molecule has 2 N–H and O–H groups in total. The van der Waals surface area contributed by atoms with Gasteiger partial charge in [0.2, 0.25) is 0 Å². The van der Waals surface area contributed by atoms with Gasteiger partial charge < -0.3 is 10.6 Å². The standard InChI is InChI=1S/C17H21BrN4O/c1-3-4-5-10-19-17(23)15-11-16(21-12(2)20-15)22-14-8-6-13(18)7-9-14/h6-9,11H,3-5,10H2,1-2H3,(H,19,23)(H,20,21,22). The van der Waals surface area contributed by atoms with Crippen LogP contribution in [0.15, 0.2) is 34.8 Å². The maximum atomic E-state index is 12.2. The molecule has 0 aliphatic rings. The molecule has 0 unspecified atom stereocenters. The number of aromatic nitrogens is 2. The van der Waals surface area contributed by atoms with E-state index in [9.17, 15) is 4.79 Å². The van der Waals surface area contributed by atoms with Crippen LogP contribution in [0.4, 0.5) is 11.5 Å². The van der Waals surface area contributed by atoms with Crippen molar-refractivity contribution in [3.63, 3.8) is 0 Å². The lowest BCUT2D eigenvalue weighted by molar-refractivity contribution is 0.0947. The van der Waals surface area contributed by atoms with Crippen molar-refractivity contribution < 1.29 is 4.79 Å². The minimum absolute atomic E-state index is 0.162. The number of benzene rings is 1. The number of halogens is 1. The quantitative estimate of drug-likeness (QED) is 0.710. The molecule has 1 aromatic carbocycles. The summed E-state index contributed by atoms with van der Waals surface area (Å²) in [5.41, 5.74) is 1.29. The molecule has 6 heteroatoms. The van der Waals surface area contributed by atoms with Gasteiger partial charge in [0.05, 0.1) is 0 Å². The third-order valence-electron chi connectivity index (χ3n) is 3.25. The first-order chi connectivity index (χ1) is 11.1. The van der Waals surface area contributed by atoms with Crippen molar-refractivity contribution in [2.24, 2.45) is 0 Å². The first kappa shape index (κ1) is 17.4. The van der Waals surface area contributed by atoms with Crippen molar-refractivity contribution >= 4 is 33.3 Å². The zero-order chi connectivity index (χ0) is 16.7. The van der Waals surface area contributed by atoms with E-state index in [4.69, 9.17) is 0 Å². The Kier molecular flexibility index (Phi) is 6.52. The first-order valence-corrected chi connectivity index (χ1v) is 8.54. The van der Waals surface area contributed by atoms with Gasteiger partial charge in [-0.25, -0.2) is 9.97 Å². The van der Waals surface area contributed by atoms with Crippen LogP contribution >= 0.6 is 15.9 Å². The van der Waals surface area contributed by atoms with Crippen LogP contribution in [0.1, 0.15) is 42.5 Å². The summed E-state index contributed by atoms with van der Waals surface area (Å²) in [5, 5.41) is 6.09. The second kappa shape index (κ2) is 8.62. The van der Waals surface area contributed by atoms with E-state index in [0.717, 1.165) is 29.4 Å². The molecule has 23 heavy (non-hydrogen) atoms. The SMILES string of the molecule is CCCCCNC(=O)c1cc(Nc2ccc(Br)cc2)nc(C)n1. The Balaban J connectivity index is 2.05. The number of nitrogens with one attached hydrogen (secondary N) is 2. The van der Waals surface area contributed by atoms with E-state index in [-0.39, 0.29) is 5.91 Å². The summed E-state index contributed by atoms with van der Waals surface area (Å²) in [4.78, 5) is 20.7. The lowest BCUT2D eigenvalue weighted by atomic mass is 10.2. The van der Waals surface area contributed by atoms with Crippen molar-refractivity contribution in [3.05, 3.63) is 46.3 Å². The lowest BCUT2D eigenvalue weighted by Gasteiger charge is -2.09. The first-order valence-electron chi connectivity index (χ1n) is 7.75. The molecular formula is C17H21BrN4O. The normalized spacial score (nSPS) is 10.4. The molecule has 1 heterocycles.